The zero-order valence-electron chi connectivity index (χ0n) is 15.7. The van der Waals surface area contributed by atoms with Crippen LogP contribution in [0.2, 0.25) is 0 Å². The highest BCUT2D eigenvalue weighted by molar-refractivity contribution is 5.79. The standard InChI is InChI=1S/C19H24N4O4/c1-4-20-19(21-12-14-6-5-7-16(10-14)23(24)25)22-13-15-8-9-17(26-2)18(11-15)27-3/h5-11H,4,12-13H2,1-3H3,(H2,20,21,22). The number of aliphatic imine (C=N–C) groups is 1. The maximum atomic E-state index is 10.9. The molecule has 2 rings (SSSR count). The first-order valence-corrected chi connectivity index (χ1v) is 8.53. The maximum absolute atomic E-state index is 10.9. The van der Waals surface area contributed by atoms with E-state index in [1.54, 1.807) is 20.3 Å². The molecule has 8 nitrogen and oxygen atoms in total. The lowest BCUT2D eigenvalue weighted by Gasteiger charge is -2.13. The Hall–Kier alpha value is -3.29. The van der Waals surface area contributed by atoms with Gasteiger partial charge in [-0.3, -0.25) is 10.1 Å². The SMILES string of the molecule is CCNC(=NCc1cccc([N+](=O)[O-])c1)NCc1ccc(OC)c(OC)c1. The van der Waals surface area contributed by atoms with Crippen LogP contribution in [0.15, 0.2) is 47.5 Å². The number of nitro groups is 1. The molecule has 0 spiro atoms. The second kappa shape index (κ2) is 10.0. The molecule has 0 atom stereocenters. The highest BCUT2D eigenvalue weighted by atomic mass is 16.6. The lowest BCUT2D eigenvalue weighted by Crippen LogP contribution is -2.36. The van der Waals surface area contributed by atoms with E-state index in [-0.39, 0.29) is 5.69 Å². The van der Waals surface area contributed by atoms with Crippen molar-refractivity contribution in [3.8, 4) is 11.5 Å². The molecule has 0 saturated carbocycles. The van der Waals surface area contributed by atoms with E-state index >= 15 is 0 Å². The number of nitrogens with zero attached hydrogens (tertiary/aromatic N) is 2. The molecular weight excluding hydrogens is 348 g/mol. The number of ether oxygens (including phenoxy) is 2. The summed E-state index contributed by atoms with van der Waals surface area (Å²) in [6, 6.07) is 12.2. The summed E-state index contributed by atoms with van der Waals surface area (Å²) in [6.45, 7) is 3.55. The molecule has 0 unspecified atom stereocenters. The number of non-ortho nitro benzene ring substituents is 1. The predicted molar refractivity (Wildman–Crippen MR) is 104 cm³/mol. The molecule has 0 amide bonds. The van der Waals surface area contributed by atoms with Crippen LogP contribution in [-0.2, 0) is 13.1 Å². The predicted octanol–water partition coefficient (Wildman–Crippen LogP) is 2.87. The van der Waals surface area contributed by atoms with Crippen molar-refractivity contribution in [2.24, 2.45) is 4.99 Å². The van der Waals surface area contributed by atoms with E-state index in [0.717, 1.165) is 11.1 Å². The fraction of sp³-hybridized carbons (Fsp3) is 0.316. The Kier molecular flexibility index (Phi) is 7.42. The molecule has 2 N–H and O–H groups in total. The second-order valence-electron chi connectivity index (χ2n) is 5.67. The second-order valence-corrected chi connectivity index (χ2v) is 5.67. The first kappa shape index (κ1) is 20.0. The minimum absolute atomic E-state index is 0.0611. The van der Waals surface area contributed by atoms with Crippen molar-refractivity contribution in [1.82, 2.24) is 10.6 Å². The average Bonchev–Trinajstić information content (AvgIpc) is 2.70. The monoisotopic (exact) mass is 372 g/mol. The molecule has 0 aliphatic rings. The topological polar surface area (TPSA) is 98.0 Å². The normalized spacial score (nSPS) is 11.0. The highest BCUT2D eigenvalue weighted by Gasteiger charge is 2.07. The van der Waals surface area contributed by atoms with Crippen molar-refractivity contribution in [2.75, 3.05) is 20.8 Å². The molecule has 2 aromatic carbocycles. The van der Waals surface area contributed by atoms with Crippen molar-refractivity contribution >= 4 is 11.6 Å². The number of methoxy groups -OCH3 is 2. The first-order chi connectivity index (χ1) is 13.1. The minimum Gasteiger partial charge on any atom is -0.493 e. The largest absolute Gasteiger partial charge is 0.493 e. The van der Waals surface area contributed by atoms with Crippen LogP contribution in [-0.4, -0.2) is 31.6 Å². The van der Waals surface area contributed by atoms with E-state index < -0.39 is 4.92 Å². The molecule has 0 aliphatic carbocycles. The Morgan fingerprint density at radius 2 is 1.85 bits per heavy atom. The Balaban J connectivity index is 2.05. The Morgan fingerprint density at radius 3 is 2.52 bits per heavy atom. The van der Waals surface area contributed by atoms with Crippen molar-refractivity contribution in [3.63, 3.8) is 0 Å². The molecule has 0 aromatic heterocycles. The van der Waals surface area contributed by atoms with E-state index in [1.165, 1.54) is 12.1 Å². The molecule has 0 fully saturated rings. The van der Waals surface area contributed by atoms with Crippen LogP contribution < -0.4 is 20.1 Å². The van der Waals surface area contributed by atoms with Gasteiger partial charge in [0.15, 0.2) is 17.5 Å². The van der Waals surface area contributed by atoms with Crippen molar-refractivity contribution in [1.29, 1.82) is 0 Å². The maximum Gasteiger partial charge on any atom is 0.269 e. The van der Waals surface area contributed by atoms with Gasteiger partial charge in [-0.05, 0) is 30.2 Å². The zero-order chi connectivity index (χ0) is 19.6. The van der Waals surface area contributed by atoms with Crippen LogP contribution in [0.3, 0.4) is 0 Å². The molecular formula is C19H24N4O4. The molecule has 0 aliphatic heterocycles. The number of benzene rings is 2. The van der Waals surface area contributed by atoms with Gasteiger partial charge in [-0.1, -0.05) is 18.2 Å². The van der Waals surface area contributed by atoms with E-state index in [9.17, 15) is 10.1 Å². The van der Waals surface area contributed by atoms with Gasteiger partial charge in [-0.25, -0.2) is 4.99 Å². The Labute approximate surface area is 158 Å². The van der Waals surface area contributed by atoms with Crippen LogP contribution in [0.25, 0.3) is 0 Å². The van der Waals surface area contributed by atoms with Crippen molar-refractivity contribution in [2.45, 2.75) is 20.0 Å². The summed E-state index contributed by atoms with van der Waals surface area (Å²) in [5.74, 6) is 1.96. The van der Waals surface area contributed by atoms with Gasteiger partial charge >= 0.3 is 0 Å². The van der Waals surface area contributed by atoms with E-state index in [0.29, 0.717) is 37.1 Å². The van der Waals surface area contributed by atoms with Crippen molar-refractivity contribution in [3.05, 3.63) is 63.7 Å². The highest BCUT2D eigenvalue weighted by Crippen LogP contribution is 2.27. The van der Waals surface area contributed by atoms with Crippen molar-refractivity contribution < 1.29 is 14.4 Å². The quantitative estimate of drug-likeness (QED) is 0.320. The number of guanidine groups is 1. The average molecular weight is 372 g/mol. The van der Waals surface area contributed by atoms with E-state index in [4.69, 9.17) is 9.47 Å². The zero-order valence-corrected chi connectivity index (χ0v) is 15.7. The smallest absolute Gasteiger partial charge is 0.269 e. The van der Waals surface area contributed by atoms with Gasteiger partial charge in [0.2, 0.25) is 0 Å². The summed E-state index contributed by atoms with van der Waals surface area (Å²) in [4.78, 5) is 15.0. The summed E-state index contributed by atoms with van der Waals surface area (Å²) >= 11 is 0. The molecule has 27 heavy (non-hydrogen) atoms. The lowest BCUT2D eigenvalue weighted by atomic mass is 10.2. The molecule has 0 radical (unpaired) electrons. The third-order valence-electron chi connectivity index (χ3n) is 3.79. The number of nitrogens with one attached hydrogen (secondary N) is 2. The molecule has 2 aromatic rings. The van der Waals surface area contributed by atoms with Crippen LogP contribution in [0.5, 0.6) is 11.5 Å². The van der Waals surface area contributed by atoms with Crippen LogP contribution in [0, 0.1) is 10.1 Å². The fourth-order valence-corrected chi connectivity index (χ4v) is 2.46. The summed E-state index contributed by atoms with van der Waals surface area (Å²) < 4.78 is 10.6. The van der Waals surface area contributed by atoms with Gasteiger partial charge < -0.3 is 20.1 Å². The summed E-state index contributed by atoms with van der Waals surface area (Å²) in [7, 11) is 3.19. The molecule has 8 heteroatoms. The third-order valence-corrected chi connectivity index (χ3v) is 3.79. The summed E-state index contributed by atoms with van der Waals surface area (Å²) in [5, 5.41) is 17.3. The molecule has 0 saturated heterocycles. The van der Waals surface area contributed by atoms with Gasteiger partial charge in [0.05, 0.1) is 25.7 Å². The fourth-order valence-electron chi connectivity index (χ4n) is 2.46. The Morgan fingerprint density at radius 1 is 1.07 bits per heavy atom. The van der Waals surface area contributed by atoms with Crippen LogP contribution in [0.4, 0.5) is 5.69 Å². The van der Waals surface area contributed by atoms with E-state index in [2.05, 4.69) is 15.6 Å². The van der Waals surface area contributed by atoms with Crippen LogP contribution in [0.1, 0.15) is 18.1 Å². The number of nitro benzene ring substituents is 1. The van der Waals surface area contributed by atoms with Crippen LogP contribution >= 0.6 is 0 Å². The number of hydrogen-bond donors (Lipinski definition) is 2. The summed E-state index contributed by atoms with van der Waals surface area (Å²) in [6.07, 6.45) is 0. The lowest BCUT2D eigenvalue weighted by molar-refractivity contribution is -0.384. The Bertz CT molecular complexity index is 808. The summed E-state index contributed by atoms with van der Waals surface area (Å²) in [5.41, 5.74) is 1.84. The third kappa shape index (κ3) is 5.88. The number of hydrogen-bond acceptors (Lipinski definition) is 5. The van der Waals surface area contributed by atoms with Gasteiger partial charge in [0.25, 0.3) is 5.69 Å². The first-order valence-electron chi connectivity index (χ1n) is 8.53. The van der Waals surface area contributed by atoms with Gasteiger partial charge in [0, 0.05) is 25.2 Å². The van der Waals surface area contributed by atoms with E-state index in [1.807, 2.05) is 31.2 Å². The molecule has 144 valence electrons. The number of rotatable bonds is 8. The van der Waals surface area contributed by atoms with Gasteiger partial charge in [-0.15, -0.1) is 0 Å². The molecule has 0 heterocycles. The van der Waals surface area contributed by atoms with Gasteiger partial charge in [-0.2, -0.15) is 0 Å². The van der Waals surface area contributed by atoms with Gasteiger partial charge in [0.1, 0.15) is 0 Å². The minimum atomic E-state index is -0.409. The molecule has 0 bridgehead atoms.